The van der Waals surface area contributed by atoms with E-state index in [4.69, 9.17) is 16.3 Å². The fraction of sp³-hybridized carbons (Fsp3) is 0.611. The lowest BCUT2D eigenvalue weighted by molar-refractivity contribution is -0.0617. The first-order chi connectivity index (χ1) is 12.1. The van der Waals surface area contributed by atoms with E-state index in [1.165, 1.54) is 12.1 Å². The van der Waals surface area contributed by atoms with Gasteiger partial charge in [0.15, 0.2) is 0 Å². The van der Waals surface area contributed by atoms with Gasteiger partial charge in [-0.05, 0) is 62.1 Å². The molecule has 142 valence electrons. The fourth-order valence-corrected chi connectivity index (χ4v) is 6.13. The zero-order valence-corrected chi connectivity index (χ0v) is 16.1. The number of amides is 1. The molecule has 0 heterocycles. The average Bonchev–Trinajstić information content (AvgIpc) is 2.88. The summed E-state index contributed by atoms with van der Waals surface area (Å²) in [6.45, 7) is 0.497. The van der Waals surface area contributed by atoms with Crippen LogP contribution in [0, 0.1) is 17.3 Å². The van der Waals surface area contributed by atoms with E-state index in [1.807, 2.05) is 4.72 Å². The van der Waals surface area contributed by atoms with Crippen LogP contribution in [0.15, 0.2) is 18.2 Å². The van der Waals surface area contributed by atoms with E-state index >= 15 is 0 Å². The molecule has 6 nitrogen and oxygen atoms in total. The van der Waals surface area contributed by atoms with Crippen LogP contribution in [-0.4, -0.2) is 37.9 Å². The largest absolute Gasteiger partial charge is 0.491 e. The Labute approximate surface area is 157 Å². The first-order valence-corrected chi connectivity index (χ1v) is 11.0. The number of benzene rings is 1. The zero-order chi connectivity index (χ0) is 18.7. The van der Waals surface area contributed by atoms with Crippen LogP contribution in [0.1, 0.15) is 42.5 Å². The summed E-state index contributed by atoms with van der Waals surface area (Å²) in [6, 6.07) is 4.47. The molecule has 2 unspecified atom stereocenters. The van der Waals surface area contributed by atoms with Crippen molar-refractivity contribution < 1.29 is 23.1 Å². The Balaban J connectivity index is 1.44. The number of nitrogens with one attached hydrogen (secondary N) is 1. The molecule has 4 aliphatic carbocycles. The number of rotatable bonds is 5. The van der Waals surface area contributed by atoms with Crippen molar-refractivity contribution in [1.82, 2.24) is 4.72 Å². The van der Waals surface area contributed by atoms with E-state index in [9.17, 15) is 18.3 Å². The molecule has 0 aliphatic heterocycles. The standard InChI is InChI=1S/C18H22ClNO5S/c1-26(23,24)20-16(21)11-2-3-15(14(19)4-11)25-10-17-5-12-7-18(22,9-17)8-13(12)6-17/h2-4,12-13,22H,5-10H2,1H3,(H,20,21). The monoisotopic (exact) mass is 399 g/mol. The highest BCUT2D eigenvalue weighted by Crippen LogP contribution is 2.65. The van der Waals surface area contributed by atoms with E-state index in [0.29, 0.717) is 24.2 Å². The third-order valence-corrected chi connectivity index (χ3v) is 6.90. The number of halogens is 1. The molecule has 4 bridgehead atoms. The number of hydrogen-bond donors (Lipinski definition) is 2. The van der Waals surface area contributed by atoms with Crippen molar-refractivity contribution in [1.29, 1.82) is 0 Å². The van der Waals surface area contributed by atoms with Crippen LogP contribution in [0.25, 0.3) is 0 Å². The number of sulfonamides is 1. The van der Waals surface area contributed by atoms with Crippen molar-refractivity contribution in [3.8, 4) is 5.75 Å². The Hall–Kier alpha value is -1.31. The van der Waals surface area contributed by atoms with Gasteiger partial charge in [-0.15, -0.1) is 0 Å². The van der Waals surface area contributed by atoms with Gasteiger partial charge in [-0.1, -0.05) is 11.6 Å². The van der Waals surface area contributed by atoms with Crippen LogP contribution < -0.4 is 9.46 Å². The first-order valence-electron chi connectivity index (χ1n) is 8.73. The Kier molecular flexibility index (Phi) is 4.06. The Morgan fingerprint density at radius 1 is 1.31 bits per heavy atom. The molecule has 0 radical (unpaired) electrons. The lowest BCUT2D eigenvalue weighted by Gasteiger charge is -2.43. The summed E-state index contributed by atoms with van der Waals surface area (Å²) in [6.07, 6.45) is 5.72. The van der Waals surface area contributed by atoms with Gasteiger partial charge in [0.25, 0.3) is 5.91 Å². The maximum Gasteiger partial charge on any atom is 0.264 e. The van der Waals surface area contributed by atoms with Gasteiger partial charge in [0.05, 0.1) is 23.5 Å². The van der Waals surface area contributed by atoms with Crippen molar-refractivity contribution in [2.75, 3.05) is 12.9 Å². The quantitative estimate of drug-likeness (QED) is 0.792. The SMILES string of the molecule is CS(=O)(=O)NC(=O)c1ccc(OCC23CC4CC(O)(CC4C2)C3)c(Cl)c1. The Morgan fingerprint density at radius 3 is 2.50 bits per heavy atom. The maximum atomic E-state index is 11.9. The van der Waals surface area contributed by atoms with Crippen LogP contribution in [0.3, 0.4) is 0 Å². The summed E-state index contributed by atoms with van der Waals surface area (Å²) >= 11 is 6.22. The van der Waals surface area contributed by atoms with Gasteiger partial charge < -0.3 is 9.84 Å². The number of aliphatic hydroxyl groups is 1. The number of carbonyl (C=O) groups is 1. The highest BCUT2D eigenvalue weighted by atomic mass is 35.5. The minimum Gasteiger partial charge on any atom is -0.491 e. The lowest BCUT2D eigenvalue weighted by atomic mass is 9.68. The zero-order valence-electron chi connectivity index (χ0n) is 14.5. The minimum absolute atomic E-state index is 0.0102. The first kappa shape index (κ1) is 18.1. The molecule has 8 heteroatoms. The molecule has 4 fully saturated rings. The number of ether oxygens (including phenoxy) is 1. The molecule has 26 heavy (non-hydrogen) atoms. The Bertz CT molecular complexity index is 854. The number of carbonyl (C=O) groups excluding carboxylic acids is 1. The van der Waals surface area contributed by atoms with Crippen molar-refractivity contribution in [3.05, 3.63) is 28.8 Å². The van der Waals surface area contributed by atoms with Crippen LogP contribution in [0.2, 0.25) is 5.02 Å². The molecule has 5 rings (SSSR count). The predicted molar refractivity (Wildman–Crippen MR) is 96.7 cm³/mol. The Morgan fingerprint density at radius 2 is 1.96 bits per heavy atom. The molecule has 1 aromatic carbocycles. The fourth-order valence-electron chi connectivity index (χ4n) is 5.44. The van der Waals surface area contributed by atoms with Crippen molar-refractivity contribution in [2.45, 2.75) is 37.7 Å². The van der Waals surface area contributed by atoms with Crippen LogP contribution >= 0.6 is 11.6 Å². The van der Waals surface area contributed by atoms with Gasteiger partial charge in [0.2, 0.25) is 10.0 Å². The third-order valence-electron chi connectivity index (χ3n) is 6.05. The normalized spacial score (nSPS) is 34.9. The van der Waals surface area contributed by atoms with Gasteiger partial charge >= 0.3 is 0 Å². The summed E-state index contributed by atoms with van der Waals surface area (Å²) in [4.78, 5) is 11.9. The van der Waals surface area contributed by atoms with Gasteiger partial charge in [-0.25, -0.2) is 13.1 Å². The minimum atomic E-state index is -3.63. The summed E-state index contributed by atoms with van der Waals surface area (Å²) in [7, 11) is -3.63. The highest BCUT2D eigenvalue weighted by Gasteiger charge is 2.62. The molecule has 4 aliphatic rings. The number of hydrogen-bond acceptors (Lipinski definition) is 5. The van der Waals surface area contributed by atoms with Crippen LogP contribution in [0.5, 0.6) is 5.75 Å². The second-order valence-electron chi connectivity index (χ2n) is 8.38. The molecule has 1 aromatic rings. The van der Waals surface area contributed by atoms with Crippen molar-refractivity contribution in [3.63, 3.8) is 0 Å². The molecule has 2 atom stereocenters. The van der Waals surface area contributed by atoms with Gasteiger partial charge in [0.1, 0.15) is 5.75 Å². The molecule has 4 saturated carbocycles. The third kappa shape index (κ3) is 3.32. The topological polar surface area (TPSA) is 92.7 Å². The van der Waals surface area contributed by atoms with E-state index in [2.05, 4.69) is 0 Å². The summed E-state index contributed by atoms with van der Waals surface area (Å²) in [5, 5.41) is 10.9. The van der Waals surface area contributed by atoms with E-state index in [-0.39, 0.29) is 16.0 Å². The second-order valence-corrected chi connectivity index (χ2v) is 10.5. The summed E-state index contributed by atoms with van der Waals surface area (Å²) in [5.74, 6) is 0.948. The van der Waals surface area contributed by atoms with Crippen LogP contribution in [0.4, 0.5) is 0 Å². The van der Waals surface area contributed by atoms with Gasteiger partial charge in [-0.3, -0.25) is 4.79 Å². The van der Waals surface area contributed by atoms with Crippen molar-refractivity contribution >= 4 is 27.5 Å². The van der Waals surface area contributed by atoms with E-state index < -0.39 is 21.5 Å². The molecule has 2 N–H and O–H groups in total. The van der Waals surface area contributed by atoms with Crippen LogP contribution in [-0.2, 0) is 10.0 Å². The molecular weight excluding hydrogens is 378 g/mol. The molecule has 0 spiro atoms. The lowest BCUT2D eigenvalue weighted by Crippen LogP contribution is -2.43. The molecule has 0 aromatic heterocycles. The second kappa shape index (κ2) is 5.84. The highest BCUT2D eigenvalue weighted by molar-refractivity contribution is 7.89. The maximum absolute atomic E-state index is 11.9. The average molecular weight is 400 g/mol. The summed E-state index contributed by atoms with van der Waals surface area (Å²) < 4.78 is 30.2. The molecule has 0 saturated heterocycles. The van der Waals surface area contributed by atoms with Gasteiger partial charge in [-0.2, -0.15) is 0 Å². The van der Waals surface area contributed by atoms with Crippen molar-refractivity contribution in [2.24, 2.45) is 17.3 Å². The molecule has 1 amide bonds. The van der Waals surface area contributed by atoms with E-state index in [0.717, 1.165) is 38.4 Å². The molecular formula is C18H22ClNO5S. The van der Waals surface area contributed by atoms with E-state index in [1.54, 1.807) is 6.07 Å². The smallest absolute Gasteiger partial charge is 0.264 e. The predicted octanol–water partition coefficient (Wildman–Crippen LogP) is 2.35. The van der Waals surface area contributed by atoms with Gasteiger partial charge in [0, 0.05) is 11.0 Å². The summed E-state index contributed by atoms with van der Waals surface area (Å²) in [5.41, 5.74) is -0.358.